The van der Waals surface area contributed by atoms with Crippen LogP contribution in [0.5, 0.6) is 0 Å². The van der Waals surface area contributed by atoms with Crippen LogP contribution in [0, 0.1) is 0 Å². The van der Waals surface area contributed by atoms with Crippen LogP contribution < -0.4 is 59.1 Å². The summed E-state index contributed by atoms with van der Waals surface area (Å²) in [5.41, 5.74) is 0. The molecule has 0 bridgehead atoms. The van der Waals surface area contributed by atoms with E-state index in [9.17, 15) is 0 Å². The van der Waals surface area contributed by atoms with Gasteiger partial charge in [0, 0.05) is 26.4 Å². The molecule has 39 heavy (non-hydrogen) atoms. The van der Waals surface area contributed by atoms with Crippen LogP contribution in [0.4, 0.5) is 0 Å². The zero-order valence-corrected chi connectivity index (χ0v) is 33.8. The Morgan fingerprint density at radius 2 is 0.795 bits per heavy atom. The molecule has 0 spiro atoms. The van der Waals surface area contributed by atoms with Crippen LogP contribution in [0.25, 0.3) is 0 Å². The Balaban J connectivity index is -0.0000000962. The Labute approximate surface area is 292 Å². The predicted octanol–water partition coefficient (Wildman–Crippen LogP) is 0.361. The molecule has 0 amide bonds. The molecule has 0 aliphatic rings. The van der Waals surface area contributed by atoms with Crippen molar-refractivity contribution >= 4 is 18.2 Å². The fourth-order valence-electron chi connectivity index (χ4n) is 3.74. The summed E-state index contributed by atoms with van der Waals surface area (Å²) >= 11 is 0. The topological polar surface area (TPSA) is 94.5 Å². The molecule has 230 valence electrons. The van der Waals surface area contributed by atoms with Gasteiger partial charge in [-0.15, -0.1) is 0 Å². The molecule has 0 fully saturated rings. The Morgan fingerprint density at radius 1 is 0.564 bits per heavy atom. The number of hydrogen-bond donors (Lipinski definition) is 2. The molecule has 0 aliphatic heterocycles. The van der Waals surface area contributed by atoms with E-state index < -0.39 is 18.2 Å². The van der Waals surface area contributed by atoms with Gasteiger partial charge in [0.15, 0.2) is 0 Å². The van der Waals surface area contributed by atoms with E-state index in [1.807, 2.05) is 27.7 Å². The van der Waals surface area contributed by atoms with Gasteiger partial charge in [-0.25, -0.2) is 0 Å². The van der Waals surface area contributed by atoms with Gasteiger partial charge >= 0.3 is 77.3 Å². The number of unbranched alkanes of at least 4 members (excludes halogenated alkanes) is 13. The number of quaternary nitrogens is 1. The van der Waals surface area contributed by atoms with Gasteiger partial charge in [0.1, 0.15) is 0 Å². The molecule has 0 aromatic carbocycles. The van der Waals surface area contributed by atoms with Crippen LogP contribution in [-0.4, -0.2) is 86.4 Å². The second-order valence-corrected chi connectivity index (χ2v) is 12.8. The van der Waals surface area contributed by atoms with E-state index in [1.165, 1.54) is 96.4 Å². The van der Waals surface area contributed by atoms with Gasteiger partial charge in [0.05, 0.1) is 27.7 Å². The molecular formula is C27H66NNa2O7Si2+. The maximum atomic E-state index is 8.74. The first kappa shape index (κ1) is 50.3. The molecule has 0 aliphatic carbocycles. The predicted molar refractivity (Wildman–Crippen MR) is 159 cm³/mol. The maximum Gasteiger partial charge on any atom is 1.00 e. The molecular weight excluding hydrogens is 552 g/mol. The summed E-state index contributed by atoms with van der Waals surface area (Å²) in [5, 5.41) is 0. The third kappa shape index (κ3) is 46.8. The van der Waals surface area contributed by atoms with E-state index in [0.717, 1.165) is 4.48 Å². The molecule has 0 radical (unpaired) electrons. The Morgan fingerprint density at radius 3 is 1.00 bits per heavy atom. The largest absolute Gasteiger partial charge is 1.00 e. The number of nitrogens with zero attached hydrogens (tertiary/aromatic N) is 1. The van der Waals surface area contributed by atoms with Crippen LogP contribution >= 0.6 is 0 Å². The van der Waals surface area contributed by atoms with Crippen molar-refractivity contribution in [3.63, 3.8) is 0 Å². The molecule has 0 aromatic heterocycles. The molecule has 0 atom stereocenters. The third-order valence-corrected chi connectivity index (χ3v) is 8.04. The van der Waals surface area contributed by atoms with Crippen molar-refractivity contribution in [3.05, 3.63) is 0 Å². The Bertz CT molecular complexity index is 456. The van der Waals surface area contributed by atoms with Crippen molar-refractivity contribution in [2.75, 3.05) is 54.1 Å². The second-order valence-electron chi connectivity index (χ2n) is 10.1. The number of hydrogen-bond acceptors (Lipinski definition) is 5. The summed E-state index contributed by atoms with van der Waals surface area (Å²) in [6.45, 7) is 13.4. The van der Waals surface area contributed by atoms with Gasteiger partial charge < -0.3 is 34.6 Å². The first-order chi connectivity index (χ1) is 17.5. The zero-order chi connectivity index (χ0) is 28.8. The van der Waals surface area contributed by atoms with E-state index in [-0.39, 0.29) is 62.0 Å². The Hall–Kier alpha value is 1.63. The maximum absolute atomic E-state index is 8.74. The summed E-state index contributed by atoms with van der Waals surface area (Å²) < 4.78 is 31.6. The van der Waals surface area contributed by atoms with E-state index in [0.29, 0.717) is 26.4 Å². The molecule has 0 saturated heterocycles. The minimum absolute atomic E-state index is 0. The van der Waals surface area contributed by atoms with Crippen LogP contribution in [0.3, 0.4) is 0 Å². The monoisotopic (exact) mass is 618 g/mol. The fourth-order valence-corrected chi connectivity index (χ4v) is 5.65. The van der Waals surface area contributed by atoms with Crippen molar-refractivity contribution in [3.8, 4) is 0 Å². The molecule has 0 saturated carbocycles. The molecule has 8 nitrogen and oxygen atoms in total. The standard InChI is InChI=1S/C19H42N.C8H20O4Si.2Na.H2O3Si.2H/c1-5-6-7-8-9-10-11-12-13-14-15-16-17-18-19-20(2,3)4;1-5-9-13(10-6-2,11-7-3)12-8-4;;;1-4(2)3;;/h5-19H2,1-4H3;5-8H2,1-4H3;;;1-2H;;/q+1;;2*+1;;2*-1. The average molecular weight is 619 g/mol. The van der Waals surface area contributed by atoms with Crippen molar-refractivity contribution in [2.45, 2.75) is 125 Å². The minimum Gasteiger partial charge on any atom is -1.00 e. The van der Waals surface area contributed by atoms with Gasteiger partial charge in [0.25, 0.3) is 0 Å². The fraction of sp³-hybridized carbons (Fsp3) is 1.00. The normalized spacial score (nSPS) is 10.8. The quantitative estimate of drug-likeness (QED) is 0.0971. The van der Waals surface area contributed by atoms with Gasteiger partial charge in [-0.05, 0) is 40.5 Å². The van der Waals surface area contributed by atoms with Crippen LogP contribution in [0.1, 0.15) is 127 Å². The van der Waals surface area contributed by atoms with Gasteiger partial charge in [-0.2, -0.15) is 0 Å². The first-order valence-corrected chi connectivity index (χ1v) is 17.8. The van der Waals surface area contributed by atoms with Crippen LogP contribution in [0.2, 0.25) is 0 Å². The van der Waals surface area contributed by atoms with Crippen molar-refractivity contribution in [1.82, 2.24) is 0 Å². The smallest absolute Gasteiger partial charge is 1.00 e. The molecule has 0 unspecified atom stereocenters. The summed E-state index contributed by atoms with van der Waals surface area (Å²) in [5.74, 6) is 0. The third-order valence-electron chi connectivity index (χ3n) is 5.47. The molecule has 12 heteroatoms. The van der Waals surface area contributed by atoms with Crippen molar-refractivity contribution in [1.29, 1.82) is 0 Å². The Kier molecular flexibility index (Phi) is 48.5. The molecule has 0 rings (SSSR count). The molecule has 0 aromatic rings. The number of rotatable bonds is 23. The van der Waals surface area contributed by atoms with Crippen LogP contribution in [-0.2, 0) is 22.2 Å². The van der Waals surface area contributed by atoms with Gasteiger partial charge in [0.2, 0.25) is 0 Å². The van der Waals surface area contributed by atoms with E-state index >= 15 is 0 Å². The van der Waals surface area contributed by atoms with Crippen molar-refractivity contribution in [2.24, 2.45) is 0 Å². The molecule has 0 heterocycles. The molecule has 2 N–H and O–H groups in total. The minimum atomic E-state index is -3.13. The summed E-state index contributed by atoms with van der Waals surface area (Å²) in [6.07, 6.45) is 20.4. The average Bonchev–Trinajstić information content (AvgIpc) is 2.79. The SMILES string of the molecule is CCCCCCCCCCCCCCCC[N+](C)(C)C.CCO[Si](OCC)(OCC)OCC.O=[Si](O)O.[H-].[H-].[Na+].[Na+]. The van der Waals surface area contributed by atoms with Gasteiger partial charge in [-0.1, -0.05) is 84.0 Å². The zero-order valence-electron chi connectivity index (χ0n) is 29.8. The second kappa shape index (κ2) is 37.7. The van der Waals surface area contributed by atoms with Crippen LogP contribution in [0.15, 0.2) is 0 Å². The van der Waals surface area contributed by atoms with E-state index in [4.69, 9.17) is 31.8 Å². The van der Waals surface area contributed by atoms with E-state index in [2.05, 4.69) is 28.1 Å². The summed E-state index contributed by atoms with van der Waals surface area (Å²) in [4.78, 5) is 14.3. The summed E-state index contributed by atoms with van der Waals surface area (Å²) in [7, 11) is 0.957. The first-order valence-electron chi connectivity index (χ1n) is 14.8. The van der Waals surface area contributed by atoms with Gasteiger partial charge in [-0.3, -0.25) is 4.46 Å². The van der Waals surface area contributed by atoms with Crippen molar-refractivity contribution < 1.29 is 98.2 Å². The van der Waals surface area contributed by atoms with E-state index in [1.54, 1.807) is 0 Å². The summed E-state index contributed by atoms with van der Waals surface area (Å²) in [6, 6.07) is 0.